The lowest BCUT2D eigenvalue weighted by Gasteiger charge is -2.02. The van der Waals surface area contributed by atoms with Crippen LogP contribution in [0.4, 0.5) is 16.2 Å². The molecule has 0 aliphatic rings. The number of carbonyl (C=O) groups is 1. The average molecular weight is 317 g/mol. The first-order valence-corrected chi connectivity index (χ1v) is 6.40. The van der Waals surface area contributed by atoms with E-state index in [0.717, 1.165) is 0 Å². The normalized spacial score (nSPS) is 9.50. The number of anilines is 1. The fourth-order valence-electron chi connectivity index (χ4n) is 1.68. The van der Waals surface area contributed by atoms with Crippen LogP contribution in [0.15, 0.2) is 42.5 Å². The van der Waals surface area contributed by atoms with Gasteiger partial charge in [-0.1, -0.05) is 35.6 Å². The Morgan fingerprint density at radius 2 is 1.95 bits per heavy atom. The van der Waals surface area contributed by atoms with Crippen molar-refractivity contribution in [2.45, 2.75) is 0 Å². The van der Waals surface area contributed by atoms with Crippen molar-refractivity contribution in [3.05, 3.63) is 68.7 Å². The smallest absolute Gasteiger partial charge is 0.409 e. The van der Waals surface area contributed by atoms with E-state index >= 15 is 0 Å². The first kappa shape index (κ1) is 15.4. The monoisotopic (exact) mass is 316 g/mol. The van der Waals surface area contributed by atoms with E-state index in [4.69, 9.17) is 16.7 Å². The zero-order valence-corrected chi connectivity index (χ0v) is 11.8. The van der Waals surface area contributed by atoms with Gasteiger partial charge in [-0.05, 0) is 24.3 Å². The summed E-state index contributed by atoms with van der Waals surface area (Å²) in [5, 5.41) is 22.1. The Morgan fingerprint density at radius 3 is 2.59 bits per heavy atom. The number of hydrogen-bond acceptors (Lipinski definition) is 3. The van der Waals surface area contributed by atoms with Gasteiger partial charge in [0, 0.05) is 17.2 Å². The van der Waals surface area contributed by atoms with E-state index in [1.54, 1.807) is 24.3 Å². The molecule has 0 saturated carbocycles. The van der Waals surface area contributed by atoms with Gasteiger partial charge >= 0.3 is 6.09 Å². The molecular formula is C15H9ClN2O4. The number of nitro groups is 1. The summed E-state index contributed by atoms with van der Waals surface area (Å²) < 4.78 is 0. The van der Waals surface area contributed by atoms with Crippen molar-refractivity contribution in [2.24, 2.45) is 0 Å². The molecule has 2 aromatic rings. The number of hydrogen-bond donors (Lipinski definition) is 2. The molecule has 22 heavy (non-hydrogen) atoms. The minimum atomic E-state index is -1.38. The highest BCUT2D eigenvalue weighted by atomic mass is 35.5. The molecule has 0 aliphatic carbocycles. The molecule has 0 aliphatic heterocycles. The molecule has 0 unspecified atom stereocenters. The Kier molecular flexibility index (Phi) is 4.61. The topological polar surface area (TPSA) is 92.5 Å². The van der Waals surface area contributed by atoms with E-state index in [2.05, 4.69) is 11.8 Å². The summed E-state index contributed by atoms with van der Waals surface area (Å²) in [5.74, 6) is 5.58. The van der Waals surface area contributed by atoms with Crippen LogP contribution in [0.2, 0.25) is 5.02 Å². The number of nitro benzene ring substituents is 1. The maximum Gasteiger partial charge on any atom is 0.409 e. The van der Waals surface area contributed by atoms with Crippen LogP contribution >= 0.6 is 11.6 Å². The standard InChI is InChI=1S/C15H9ClN2O4/c16-12-4-2-1-3-11(12)7-5-10-6-8-13(17-15(19)20)14(9-10)18(21)22/h1-4,6,8-9,17H,(H,19,20). The van der Waals surface area contributed by atoms with Crippen LogP contribution < -0.4 is 5.32 Å². The molecule has 0 bridgehead atoms. The highest BCUT2D eigenvalue weighted by Crippen LogP contribution is 2.25. The summed E-state index contributed by atoms with van der Waals surface area (Å²) >= 11 is 5.97. The third-order valence-electron chi connectivity index (χ3n) is 2.65. The molecule has 7 heteroatoms. The summed E-state index contributed by atoms with van der Waals surface area (Å²) in [6.07, 6.45) is -1.38. The van der Waals surface area contributed by atoms with Gasteiger partial charge in [-0.25, -0.2) is 4.79 Å². The predicted molar refractivity (Wildman–Crippen MR) is 82.2 cm³/mol. The van der Waals surface area contributed by atoms with Crippen LogP contribution in [0, 0.1) is 22.0 Å². The maximum absolute atomic E-state index is 11.0. The molecule has 0 spiro atoms. The predicted octanol–water partition coefficient (Wildman–Crippen LogP) is 3.74. The first-order chi connectivity index (χ1) is 10.5. The minimum Gasteiger partial charge on any atom is -0.465 e. The van der Waals surface area contributed by atoms with Crippen LogP contribution in [0.1, 0.15) is 11.1 Å². The van der Waals surface area contributed by atoms with Gasteiger partial charge < -0.3 is 5.11 Å². The largest absolute Gasteiger partial charge is 0.465 e. The van der Waals surface area contributed by atoms with E-state index in [1.807, 2.05) is 5.32 Å². The third-order valence-corrected chi connectivity index (χ3v) is 2.98. The van der Waals surface area contributed by atoms with Crippen LogP contribution in [-0.2, 0) is 0 Å². The zero-order valence-electron chi connectivity index (χ0n) is 11.0. The fourth-order valence-corrected chi connectivity index (χ4v) is 1.87. The SMILES string of the molecule is O=C(O)Nc1ccc(C#Cc2ccccc2Cl)cc1[N+](=O)[O-]. The maximum atomic E-state index is 11.0. The minimum absolute atomic E-state index is 0.110. The molecule has 110 valence electrons. The second kappa shape index (κ2) is 6.61. The van der Waals surface area contributed by atoms with Gasteiger partial charge in [-0.15, -0.1) is 0 Å². The molecule has 0 radical (unpaired) electrons. The first-order valence-electron chi connectivity index (χ1n) is 6.02. The molecule has 0 heterocycles. The lowest BCUT2D eigenvalue weighted by atomic mass is 10.1. The van der Waals surface area contributed by atoms with E-state index < -0.39 is 11.0 Å². The summed E-state index contributed by atoms with van der Waals surface area (Å²) in [7, 11) is 0. The molecule has 0 atom stereocenters. The van der Waals surface area contributed by atoms with Crippen molar-refractivity contribution in [3.63, 3.8) is 0 Å². The van der Waals surface area contributed by atoms with Gasteiger partial charge in [0.25, 0.3) is 5.69 Å². The molecule has 2 N–H and O–H groups in total. The number of amides is 1. The summed E-state index contributed by atoms with van der Waals surface area (Å²) in [6.45, 7) is 0. The van der Waals surface area contributed by atoms with Crippen molar-refractivity contribution in [1.82, 2.24) is 0 Å². The second-order valence-corrected chi connectivity index (χ2v) is 4.56. The lowest BCUT2D eigenvalue weighted by Crippen LogP contribution is -2.09. The van der Waals surface area contributed by atoms with Gasteiger partial charge in [0.2, 0.25) is 0 Å². The number of carboxylic acid groups (broad SMARTS) is 1. The Morgan fingerprint density at radius 1 is 1.23 bits per heavy atom. The average Bonchev–Trinajstić information content (AvgIpc) is 2.46. The lowest BCUT2D eigenvalue weighted by molar-refractivity contribution is -0.383. The molecule has 6 nitrogen and oxygen atoms in total. The number of benzene rings is 2. The van der Waals surface area contributed by atoms with Gasteiger partial charge in [0.15, 0.2) is 0 Å². The van der Waals surface area contributed by atoms with Crippen LogP contribution in [-0.4, -0.2) is 16.1 Å². The number of halogens is 1. The van der Waals surface area contributed by atoms with Crippen molar-refractivity contribution >= 4 is 29.1 Å². The van der Waals surface area contributed by atoms with E-state index in [9.17, 15) is 14.9 Å². The van der Waals surface area contributed by atoms with E-state index in [-0.39, 0.29) is 11.4 Å². The quantitative estimate of drug-likeness (QED) is 0.501. The summed E-state index contributed by atoms with van der Waals surface area (Å²) in [6, 6.07) is 10.9. The van der Waals surface area contributed by atoms with Crippen LogP contribution in [0.25, 0.3) is 0 Å². The van der Waals surface area contributed by atoms with E-state index in [1.165, 1.54) is 18.2 Å². The van der Waals surface area contributed by atoms with Crippen molar-refractivity contribution in [2.75, 3.05) is 5.32 Å². The molecular weight excluding hydrogens is 308 g/mol. The van der Waals surface area contributed by atoms with Gasteiger partial charge in [-0.3, -0.25) is 15.4 Å². The molecule has 2 aromatic carbocycles. The number of nitrogens with one attached hydrogen (secondary N) is 1. The Labute approximate surface area is 130 Å². The second-order valence-electron chi connectivity index (χ2n) is 4.15. The Bertz CT molecular complexity index is 809. The fraction of sp³-hybridized carbons (Fsp3) is 0. The van der Waals surface area contributed by atoms with Crippen molar-refractivity contribution in [3.8, 4) is 11.8 Å². The number of rotatable bonds is 2. The van der Waals surface area contributed by atoms with Crippen LogP contribution in [0.5, 0.6) is 0 Å². The molecule has 0 aromatic heterocycles. The molecule has 1 amide bonds. The molecule has 2 rings (SSSR count). The third kappa shape index (κ3) is 3.75. The van der Waals surface area contributed by atoms with Gasteiger partial charge in [0.05, 0.1) is 9.95 Å². The van der Waals surface area contributed by atoms with Crippen molar-refractivity contribution < 1.29 is 14.8 Å². The highest BCUT2D eigenvalue weighted by molar-refractivity contribution is 6.31. The summed E-state index contributed by atoms with van der Waals surface area (Å²) in [4.78, 5) is 20.9. The van der Waals surface area contributed by atoms with Crippen LogP contribution in [0.3, 0.4) is 0 Å². The molecule has 0 saturated heterocycles. The molecule has 0 fully saturated rings. The summed E-state index contributed by atoms with van der Waals surface area (Å²) in [5.41, 5.74) is 0.497. The van der Waals surface area contributed by atoms with Crippen molar-refractivity contribution in [1.29, 1.82) is 0 Å². The van der Waals surface area contributed by atoms with E-state index in [0.29, 0.717) is 16.1 Å². The zero-order chi connectivity index (χ0) is 16.1. The number of nitrogens with zero attached hydrogens (tertiary/aromatic N) is 1. The highest BCUT2D eigenvalue weighted by Gasteiger charge is 2.15. The Hall–Kier alpha value is -3.04. The van der Waals surface area contributed by atoms with Gasteiger partial charge in [-0.2, -0.15) is 0 Å². The Balaban J connectivity index is 2.38. The van der Waals surface area contributed by atoms with Gasteiger partial charge in [0.1, 0.15) is 5.69 Å².